The third-order valence-electron chi connectivity index (χ3n) is 2.04. The quantitative estimate of drug-likeness (QED) is 0.828. The topological polar surface area (TPSA) is 58.2 Å². The second-order valence-electron chi connectivity index (χ2n) is 3.40. The van der Waals surface area contributed by atoms with E-state index < -0.39 is 28.8 Å². The lowest BCUT2D eigenvalue weighted by Crippen LogP contribution is -2.41. The van der Waals surface area contributed by atoms with Crippen molar-refractivity contribution < 1.29 is 18.4 Å². The molecular weight excluding hydrogens is 262 g/mol. The van der Waals surface area contributed by atoms with Crippen molar-refractivity contribution in [3.8, 4) is 0 Å². The Hall–Kier alpha value is -1.63. The molecule has 0 bridgehead atoms. The summed E-state index contributed by atoms with van der Waals surface area (Å²) in [6.07, 6.45) is 0. The molecule has 0 heterocycles. The second kappa shape index (κ2) is 6.34. The van der Waals surface area contributed by atoms with Crippen LogP contribution in [0.3, 0.4) is 0 Å². The fraction of sp³-hybridized carbons (Fsp3) is 0.273. The van der Waals surface area contributed by atoms with Crippen LogP contribution in [0.5, 0.6) is 0 Å². The van der Waals surface area contributed by atoms with Crippen LogP contribution in [0.25, 0.3) is 0 Å². The Kier molecular flexibility index (Phi) is 5.08. The highest BCUT2D eigenvalue weighted by atomic mass is 32.2. The van der Waals surface area contributed by atoms with Crippen molar-refractivity contribution in [1.29, 1.82) is 0 Å². The molecule has 0 saturated heterocycles. The van der Waals surface area contributed by atoms with E-state index in [1.165, 1.54) is 13.1 Å². The number of nitrogens with one attached hydrogen (secondary N) is 2. The van der Waals surface area contributed by atoms with Crippen molar-refractivity contribution in [2.75, 3.05) is 7.05 Å². The van der Waals surface area contributed by atoms with Gasteiger partial charge in [-0.1, -0.05) is 0 Å². The van der Waals surface area contributed by atoms with Crippen LogP contribution in [0.2, 0.25) is 0 Å². The first kappa shape index (κ1) is 14.4. The second-order valence-corrected chi connectivity index (χ2v) is 4.82. The Bertz CT molecular complexity index is 468. The third kappa shape index (κ3) is 3.99. The molecule has 0 aliphatic carbocycles. The molecule has 1 rings (SSSR count). The van der Waals surface area contributed by atoms with Crippen LogP contribution in [-0.4, -0.2) is 24.2 Å². The number of halogens is 2. The van der Waals surface area contributed by atoms with Gasteiger partial charge in [-0.2, -0.15) is 0 Å². The Labute approximate surface area is 107 Å². The Morgan fingerprint density at radius 1 is 1.28 bits per heavy atom. The lowest BCUT2D eigenvalue weighted by molar-refractivity contribution is -0.119. The lowest BCUT2D eigenvalue weighted by Gasteiger charge is -2.10. The normalized spacial score (nSPS) is 11.8. The number of benzene rings is 1. The first-order valence-corrected chi connectivity index (χ1v) is 5.96. The number of imide groups is 1. The smallest absolute Gasteiger partial charge is 0.321 e. The predicted molar refractivity (Wildman–Crippen MR) is 64.3 cm³/mol. The van der Waals surface area contributed by atoms with E-state index in [0.717, 1.165) is 23.9 Å². The third-order valence-corrected chi connectivity index (χ3v) is 3.13. The van der Waals surface area contributed by atoms with E-state index >= 15 is 0 Å². The summed E-state index contributed by atoms with van der Waals surface area (Å²) in [4.78, 5) is 22.8. The van der Waals surface area contributed by atoms with Gasteiger partial charge in [0.05, 0.1) is 5.25 Å². The van der Waals surface area contributed by atoms with Crippen LogP contribution in [0.15, 0.2) is 23.1 Å². The average Bonchev–Trinajstić information content (AvgIpc) is 2.33. The number of amides is 3. The SMILES string of the molecule is CNC(=O)NC(=O)[C@@H](C)Sc1ccc(F)c(F)c1. The Morgan fingerprint density at radius 2 is 1.94 bits per heavy atom. The molecule has 98 valence electrons. The van der Waals surface area contributed by atoms with Crippen LogP contribution < -0.4 is 10.6 Å². The van der Waals surface area contributed by atoms with Gasteiger partial charge in [0.1, 0.15) is 0 Å². The standard InChI is InChI=1S/C11H12F2N2O2S/c1-6(10(16)15-11(17)14-2)18-7-3-4-8(12)9(13)5-7/h3-6H,1-2H3,(H2,14,15,16,17)/t6-/m1/s1. The number of carbonyl (C=O) groups excluding carboxylic acids is 2. The molecule has 0 saturated carbocycles. The first-order chi connectivity index (χ1) is 8.43. The number of rotatable bonds is 3. The maximum Gasteiger partial charge on any atom is 0.321 e. The predicted octanol–water partition coefficient (Wildman–Crippen LogP) is 1.90. The molecular formula is C11H12F2N2O2S. The lowest BCUT2D eigenvalue weighted by atomic mass is 10.3. The van der Waals surface area contributed by atoms with Crippen LogP contribution in [-0.2, 0) is 4.79 Å². The summed E-state index contributed by atoms with van der Waals surface area (Å²) >= 11 is 1.03. The largest absolute Gasteiger partial charge is 0.341 e. The highest BCUT2D eigenvalue weighted by Gasteiger charge is 2.17. The fourth-order valence-corrected chi connectivity index (χ4v) is 1.98. The Morgan fingerprint density at radius 3 is 2.50 bits per heavy atom. The van der Waals surface area contributed by atoms with Crippen molar-refractivity contribution >= 4 is 23.7 Å². The van der Waals surface area contributed by atoms with Gasteiger partial charge < -0.3 is 5.32 Å². The molecule has 0 aliphatic rings. The van der Waals surface area contributed by atoms with Crippen molar-refractivity contribution in [2.45, 2.75) is 17.1 Å². The Balaban J connectivity index is 2.63. The number of hydrogen-bond acceptors (Lipinski definition) is 3. The van der Waals surface area contributed by atoms with Crippen molar-refractivity contribution in [3.05, 3.63) is 29.8 Å². The molecule has 0 aromatic heterocycles. The van der Waals surface area contributed by atoms with Crippen molar-refractivity contribution in [1.82, 2.24) is 10.6 Å². The number of hydrogen-bond donors (Lipinski definition) is 2. The molecule has 4 nitrogen and oxygen atoms in total. The van der Waals surface area contributed by atoms with Crippen LogP contribution in [0.1, 0.15) is 6.92 Å². The number of thioether (sulfide) groups is 1. The van der Waals surface area contributed by atoms with Crippen LogP contribution in [0, 0.1) is 11.6 Å². The molecule has 1 atom stereocenters. The monoisotopic (exact) mass is 274 g/mol. The zero-order chi connectivity index (χ0) is 13.7. The highest BCUT2D eigenvalue weighted by Crippen LogP contribution is 2.24. The van der Waals surface area contributed by atoms with E-state index in [9.17, 15) is 18.4 Å². The van der Waals surface area contributed by atoms with Gasteiger partial charge in [-0.3, -0.25) is 10.1 Å². The summed E-state index contributed by atoms with van der Waals surface area (Å²) in [6.45, 7) is 1.56. The minimum absolute atomic E-state index is 0.411. The molecule has 2 N–H and O–H groups in total. The summed E-state index contributed by atoms with van der Waals surface area (Å²) in [5.41, 5.74) is 0. The summed E-state index contributed by atoms with van der Waals surface area (Å²) in [6, 6.07) is 2.75. The fourth-order valence-electron chi connectivity index (χ4n) is 1.08. The zero-order valence-corrected chi connectivity index (χ0v) is 10.6. The van der Waals surface area contributed by atoms with E-state index in [2.05, 4.69) is 10.6 Å². The van der Waals surface area contributed by atoms with E-state index in [-0.39, 0.29) is 0 Å². The molecule has 7 heteroatoms. The maximum absolute atomic E-state index is 12.9. The zero-order valence-electron chi connectivity index (χ0n) is 9.79. The first-order valence-electron chi connectivity index (χ1n) is 5.08. The number of carbonyl (C=O) groups is 2. The molecule has 3 amide bonds. The minimum Gasteiger partial charge on any atom is -0.341 e. The highest BCUT2D eigenvalue weighted by molar-refractivity contribution is 8.00. The van der Waals surface area contributed by atoms with Gasteiger partial charge >= 0.3 is 6.03 Å². The molecule has 0 aliphatic heterocycles. The minimum atomic E-state index is -0.973. The summed E-state index contributed by atoms with van der Waals surface area (Å²) in [5, 5.41) is 3.73. The van der Waals surface area contributed by atoms with Gasteiger partial charge in [0, 0.05) is 11.9 Å². The van der Waals surface area contributed by atoms with Gasteiger partial charge in [0.2, 0.25) is 5.91 Å². The molecule has 1 aromatic carbocycles. The molecule has 18 heavy (non-hydrogen) atoms. The molecule has 0 spiro atoms. The number of urea groups is 1. The van der Waals surface area contributed by atoms with E-state index in [1.54, 1.807) is 6.92 Å². The van der Waals surface area contributed by atoms with Crippen LogP contribution >= 0.6 is 11.8 Å². The van der Waals surface area contributed by atoms with Gasteiger partial charge in [0.15, 0.2) is 11.6 Å². The van der Waals surface area contributed by atoms with E-state index in [0.29, 0.717) is 4.90 Å². The molecule has 0 radical (unpaired) electrons. The molecule has 1 aromatic rings. The molecule has 0 fully saturated rings. The van der Waals surface area contributed by atoms with Crippen molar-refractivity contribution in [2.24, 2.45) is 0 Å². The summed E-state index contributed by atoms with van der Waals surface area (Å²) < 4.78 is 25.6. The van der Waals surface area contributed by atoms with Gasteiger partial charge in [-0.25, -0.2) is 13.6 Å². The van der Waals surface area contributed by atoms with Gasteiger partial charge in [0.25, 0.3) is 0 Å². The summed E-state index contributed by atoms with van der Waals surface area (Å²) in [5.74, 6) is -2.43. The van der Waals surface area contributed by atoms with Crippen molar-refractivity contribution in [3.63, 3.8) is 0 Å². The van der Waals surface area contributed by atoms with Gasteiger partial charge in [-0.15, -0.1) is 11.8 Å². The summed E-state index contributed by atoms with van der Waals surface area (Å²) in [7, 11) is 1.38. The molecule has 0 unspecified atom stereocenters. The van der Waals surface area contributed by atoms with E-state index in [4.69, 9.17) is 0 Å². The van der Waals surface area contributed by atoms with Gasteiger partial charge in [-0.05, 0) is 25.1 Å². The average molecular weight is 274 g/mol. The maximum atomic E-state index is 12.9. The van der Waals surface area contributed by atoms with Crippen LogP contribution in [0.4, 0.5) is 13.6 Å². The van der Waals surface area contributed by atoms with E-state index in [1.807, 2.05) is 0 Å².